The molecule has 304 valence electrons. The zero-order chi connectivity index (χ0) is 42.6. The predicted octanol–water partition coefficient (Wildman–Crippen LogP) is 14.9. The Labute approximate surface area is 372 Å². The molecule has 0 saturated heterocycles. The first-order chi connectivity index (χ1) is 31.7. The van der Waals surface area contributed by atoms with E-state index in [9.17, 15) is 0 Å². The molecule has 1 atom stereocenters. The monoisotopic (exact) mass is 820 g/mol. The smallest absolute Gasteiger partial charge is 0.0716 e. The minimum atomic E-state index is 0.305. The van der Waals surface area contributed by atoms with E-state index in [1.165, 1.54) is 88.2 Å². The van der Waals surface area contributed by atoms with Gasteiger partial charge in [0.15, 0.2) is 0 Å². The first kappa shape index (κ1) is 37.7. The summed E-state index contributed by atoms with van der Waals surface area (Å²) < 4.78 is 5.00. The van der Waals surface area contributed by atoms with Gasteiger partial charge in [0.2, 0.25) is 0 Å². The molecule has 12 rings (SSSR count). The lowest BCUT2D eigenvalue weighted by molar-refractivity contribution is 0.648. The van der Waals surface area contributed by atoms with Crippen molar-refractivity contribution < 1.29 is 0 Å². The van der Waals surface area contributed by atoms with Crippen LogP contribution < -0.4 is 0 Å². The quantitative estimate of drug-likeness (QED) is 0.130. The third kappa shape index (κ3) is 6.37. The van der Waals surface area contributed by atoms with E-state index in [4.69, 9.17) is 4.99 Å². The summed E-state index contributed by atoms with van der Waals surface area (Å²) >= 11 is 0. The van der Waals surface area contributed by atoms with E-state index in [0.717, 1.165) is 35.4 Å². The number of aliphatic imine (C=N–C) groups is 2. The minimum Gasteiger partial charge on any atom is -0.333 e. The van der Waals surface area contributed by atoms with Crippen molar-refractivity contribution in [2.75, 3.05) is 0 Å². The van der Waals surface area contributed by atoms with Crippen molar-refractivity contribution in [3.05, 3.63) is 240 Å². The second-order valence-corrected chi connectivity index (χ2v) is 16.9. The van der Waals surface area contributed by atoms with E-state index in [2.05, 4.69) is 203 Å². The average molecular weight is 821 g/mol. The molecule has 10 aromatic rings. The molecule has 0 bridgehead atoms. The topological polar surface area (TPSA) is 34.6 Å². The van der Waals surface area contributed by atoms with Crippen LogP contribution in [0, 0.1) is 0 Å². The lowest BCUT2D eigenvalue weighted by Gasteiger charge is -2.18. The van der Waals surface area contributed by atoms with Gasteiger partial charge in [0.05, 0.1) is 40.7 Å². The van der Waals surface area contributed by atoms with Crippen LogP contribution in [-0.2, 0) is 13.0 Å². The van der Waals surface area contributed by atoms with Gasteiger partial charge in [-0.2, -0.15) is 0 Å². The Bertz CT molecular complexity index is 3600. The van der Waals surface area contributed by atoms with E-state index in [-0.39, 0.29) is 0 Å². The SMILES string of the molecule is C=N/C(=C\C(=N/Cc1ccc2c(c1)Cc1c-2cccc1-n1c2ccccc2c2cc(-c3ccc4c(c3)c3ccccc3n4C3C=CC=CC3)ccc21)c1ccccc1)c1ccccc1. The summed E-state index contributed by atoms with van der Waals surface area (Å²) in [5, 5.41) is 5.11. The zero-order valence-electron chi connectivity index (χ0n) is 35.4. The van der Waals surface area contributed by atoms with Crippen molar-refractivity contribution in [1.82, 2.24) is 9.13 Å². The molecule has 8 aromatic carbocycles. The van der Waals surface area contributed by atoms with Crippen LogP contribution in [0.25, 0.3) is 77.2 Å². The van der Waals surface area contributed by atoms with Gasteiger partial charge < -0.3 is 9.13 Å². The van der Waals surface area contributed by atoms with Gasteiger partial charge in [-0.05, 0) is 106 Å². The molecule has 4 heteroatoms. The highest BCUT2D eigenvalue weighted by molar-refractivity contribution is 6.13. The van der Waals surface area contributed by atoms with E-state index in [1.54, 1.807) is 0 Å². The van der Waals surface area contributed by atoms with Crippen LogP contribution in [0.5, 0.6) is 0 Å². The fourth-order valence-corrected chi connectivity index (χ4v) is 10.2. The van der Waals surface area contributed by atoms with Crippen LogP contribution in [0.2, 0.25) is 0 Å². The van der Waals surface area contributed by atoms with E-state index in [0.29, 0.717) is 12.6 Å². The Morgan fingerprint density at radius 3 is 1.98 bits per heavy atom. The number of rotatable bonds is 9. The van der Waals surface area contributed by atoms with Crippen molar-refractivity contribution >= 4 is 61.7 Å². The number of benzene rings is 8. The summed E-state index contributed by atoms with van der Waals surface area (Å²) in [6.07, 6.45) is 12.8. The third-order valence-electron chi connectivity index (χ3n) is 13.2. The van der Waals surface area contributed by atoms with Gasteiger partial charge in [-0.15, -0.1) is 0 Å². The number of para-hydroxylation sites is 2. The van der Waals surface area contributed by atoms with Crippen LogP contribution in [-0.4, -0.2) is 21.6 Å². The number of nitrogens with zero attached hydrogens (tertiary/aromatic N) is 4. The molecule has 2 aromatic heterocycles. The minimum absolute atomic E-state index is 0.305. The molecular weight excluding hydrogens is 777 g/mol. The lowest BCUT2D eigenvalue weighted by Crippen LogP contribution is -2.06. The maximum atomic E-state index is 5.20. The molecule has 0 radical (unpaired) electrons. The van der Waals surface area contributed by atoms with Gasteiger partial charge in [0.25, 0.3) is 0 Å². The standard InChI is InChI=1S/C60H44N4/c1-61-54(41-16-5-2-6-17-41)38-55(42-18-7-3-8-19-42)62-39-40-28-31-47-45(34-40)37-51-48(47)24-15-27-58(51)64-57-26-14-12-23-50(57)53-36-44(30-33-60(53)64)43-29-32-59-52(35-43)49-22-11-13-25-56(49)63(59)46-20-9-4-10-21-46/h2-20,22-36,38,46H,1,21,37,39H2/b54-38-,62-55+. The second-order valence-electron chi connectivity index (χ2n) is 16.9. The number of fused-ring (bicyclic) bond motifs is 9. The summed E-state index contributed by atoms with van der Waals surface area (Å²) in [5.74, 6) is 0. The Morgan fingerprint density at radius 2 is 1.23 bits per heavy atom. The van der Waals surface area contributed by atoms with Gasteiger partial charge in [0.1, 0.15) is 0 Å². The summed E-state index contributed by atoms with van der Waals surface area (Å²) in [7, 11) is 0. The Balaban J connectivity index is 0.902. The van der Waals surface area contributed by atoms with Gasteiger partial charge in [0, 0.05) is 44.6 Å². The molecule has 0 saturated carbocycles. The molecule has 4 nitrogen and oxygen atoms in total. The number of aromatic nitrogens is 2. The second kappa shape index (κ2) is 15.7. The van der Waals surface area contributed by atoms with Crippen LogP contribution in [0.15, 0.2) is 222 Å². The molecule has 0 fully saturated rings. The third-order valence-corrected chi connectivity index (χ3v) is 13.2. The van der Waals surface area contributed by atoms with Gasteiger partial charge in [-0.25, -0.2) is 0 Å². The maximum Gasteiger partial charge on any atom is 0.0716 e. The van der Waals surface area contributed by atoms with Crippen LogP contribution in [0.3, 0.4) is 0 Å². The van der Waals surface area contributed by atoms with Crippen LogP contribution in [0.1, 0.15) is 40.3 Å². The van der Waals surface area contributed by atoms with E-state index >= 15 is 0 Å². The zero-order valence-corrected chi connectivity index (χ0v) is 35.4. The Hall–Kier alpha value is -8.08. The van der Waals surface area contributed by atoms with Gasteiger partial charge in [-0.3, -0.25) is 9.98 Å². The molecule has 64 heavy (non-hydrogen) atoms. The molecule has 0 spiro atoms. The summed E-state index contributed by atoms with van der Waals surface area (Å²) in [6, 6.07) is 66.3. The highest BCUT2D eigenvalue weighted by Crippen LogP contribution is 2.44. The average Bonchev–Trinajstić information content (AvgIpc) is 4.02. The normalized spacial score (nSPS) is 14.8. The van der Waals surface area contributed by atoms with Gasteiger partial charge in [-0.1, -0.05) is 164 Å². The molecule has 2 aliphatic rings. The molecule has 2 heterocycles. The fraction of sp³-hybridized carbons (Fsp3) is 0.0667. The molecule has 2 aliphatic carbocycles. The largest absolute Gasteiger partial charge is 0.333 e. The Morgan fingerprint density at radius 1 is 0.578 bits per heavy atom. The first-order valence-corrected chi connectivity index (χ1v) is 22.2. The molecular formula is C60H44N4. The van der Waals surface area contributed by atoms with E-state index < -0.39 is 0 Å². The highest BCUT2D eigenvalue weighted by atomic mass is 15.0. The van der Waals surface area contributed by atoms with Crippen molar-refractivity contribution in [3.8, 4) is 27.9 Å². The Kier molecular flexibility index (Phi) is 9.23. The first-order valence-electron chi connectivity index (χ1n) is 22.2. The predicted molar refractivity (Wildman–Crippen MR) is 270 cm³/mol. The fourth-order valence-electron chi connectivity index (χ4n) is 10.2. The van der Waals surface area contributed by atoms with Crippen molar-refractivity contribution in [2.45, 2.75) is 25.4 Å². The maximum absolute atomic E-state index is 5.20. The summed E-state index contributed by atoms with van der Waals surface area (Å²) in [6.45, 7) is 4.44. The number of hydrogen-bond donors (Lipinski definition) is 0. The lowest BCUT2D eigenvalue weighted by atomic mass is 10.0. The van der Waals surface area contributed by atoms with Gasteiger partial charge >= 0.3 is 0 Å². The van der Waals surface area contributed by atoms with Crippen molar-refractivity contribution in [1.29, 1.82) is 0 Å². The van der Waals surface area contributed by atoms with E-state index in [1.807, 2.05) is 30.3 Å². The highest BCUT2D eigenvalue weighted by Gasteiger charge is 2.25. The molecule has 1 unspecified atom stereocenters. The van der Waals surface area contributed by atoms with Crippen LogP contribution >= 0.6 is 0 Å². The van der Waals surface area contributed by atoms with Crippen LogP contribution in [0.4, 0.5) is 0 Å². The van der Waals surface area contributed by atoms with Crippen molar-refractivity contribution in [3.63, 3.8) is 0 Å². The molecule has 0 N–H and O–H groups in total. The molecule has 0 aliphatic heterocycles. The van der Waals surface area contributed by atoms with Crippen molar-refractivity contribution in [2.24, 2.45) is 9.98 Å². The molecule has 0 amide bonds. The number of hydrogen-bond acceptors (Lipinski definition) is 2. The summed E-state index contributed by atoms with van der Waals surface area (Å²) in [5.41, 5.74) is 18.9. The summed E-state index contributed by atoms with van der Waals surface area (Å²) in [4.78, 5) is 9.59. The number of allylic oxidation sites excluding steroid dienone is 5.